The predicted molar refractivity (Wildman–Crippen MR) is 540 cm³/mol. The summed E-state index contributed by atoms with van der Waals surface area (Å²) in [6, 6.07) is 37.3. The average molecular weight is 2230 g/mol. The molecule has 0 amide bonds. The fourth-order valence-electron chi connectivity index (χ4n) is 13.3. The molecule has 0 saturated carbocycles. The van der Waals surface area contributed by atoms with Crippen LogP contribution < -0.4 is 4.74 Å². The number of aryl methyl sites for hydroxylation is 1. The van der Waals surface area contributed by atoms with Crippen LogP contribution in [0, 0.1) is 83.1 Å². The number of hydrogen-bond acceptors (Lipinski definition) is 4. The van der Waals surface area contributed by atoms with E-state index in [1.54, 1.807) is 65.1 Å². The van der Waals surface area contributed by atoms with Gasteiger partial charge in [0.15, 0.2) is 11.6 Å². The highest BCUT2D eigenvalue weighted by atomic mass is 35.5. The molecular formula is C109H123Cl8F24NO3. The van der Waals surface area contributed by atoms with E-state index in [1.165, 1.54) is 54.1 Å². The van der Waals surface area contributed by atoms with E-state index in [0.29, 0.717) is 116 Å². The maximum absolute atomic E-state index is 13.3. The number of ether oxygens (including phenoxy) is 1. The monoisotopic (exact) mass is 2230 g/mol. The minimum Gasteiger partial charge on any atom is -0.481 e. The standard InChI is InChI=1S/C12H12F6.C12H17F.4C11H12ClF3.C11H12F4.C10H9Cl2FO.C10H10Cl2O.C10H15NO/c1-7(2)5-8-6-9(11(13,14)15)3-4-10(8)12(16,17)18;1-9-7-11(13)6-5-10(9)8-12(2,3)4;1-7(2)3-8-4-9(11(13,14)15)6-10(12)5-8;1-7(2)5-8-6-9(12)3-4-10(8)11(13,14)15;1-7(2)5-8-6-9(11(13,14)15)3-4-10(8)12;2*1-7(2)5-8-3-4-9(12)6-10(8)11(13,14)15;1-5(2)10(14)6-3-7(11)8(12)4-9(6)13;1-6(2)10(13)8-5-7(11)3-4-9(8)12;1-8(2)7-9-5-4-6-10(11-9)12-3/h3-4,6-7H,5H2,1-2H3;5-7H,8H2,1-4H3;4-7H,3H2,1-2H3;4*3-4,6-7H,5H2,1-2H3;3-5H,1-2H3;3-6H,1-2H3;4-6,8H,7H2,1-3H3. The maximum Gasteiger partial charge on any atom is 0.416 e. The van der Waals surface area contributed by atoms with Gasteiger partial charge in [0.05, 0.1) is 66.7 Å². The van der Waals surface area contributed by atoms with Gasteiger partial charge >= 0.3 is 43.2 Å². The van der Waals surface area contributed by atoms with E-state index in [0.717, 1.165) is 72.6 Å². The van der Waals surface area contributed by atoms with Crippen molar-refractivity contribution in [2.24, 2.45) is 58.7 Å². The lowest BCUT2D eigenvalue weighted by Gasteiger charge is -2.19. The van der Waals surface area contributed by atoms with Gasteiger partial charge in [-0.25, -0.2) is 18.2 Å². The number of methoxy groups -OCH3 is 1. The summed E-state index contributed by atoms with van der Waals surface area (Å²) < 4.78 is 307. The third-order valence-corrected chi connectivity index (χ3v) is 21.8. The van der Waals surface area contributed by atoms with Gasteiger partial charge in [-0.05, 0) is 295 Å². The van der Waals surface area contributed by atoms with E-state index in [4.69, 9.17) is 97.5 Å². The fraction of sp³-hybridized carbons (Fsp3) is 0.440. The van der Waals surface area contributed by atoms with Crippen LogP contribution in [0.4, 0.5) is 105 Å². The maximum atomic E-state index is 13.3. The summed E-state index contributed by atoms with van der Waals surface area (Å²) in [4.78, 5) is 27.4. The van der Waals surface area contributed by atoms with Gasteiger partial charge in [-0.1, -0.05) is 262 Å². The molecule has 4 nitrogen and oxygen atoms in total. The molecule has 0 radical (unpaired) electrons. The van der Waals surface area contributed by atoms with Crippen molar-refractivity contribution in [3.05, 3.63) is 334 Å². The van der Waals surface area contributed by atoms with Crippen LogP contribution in [0.25, 0.3) is 0 Å². The van der Waals surface area contributed by atoms with Gasteiger partial charge in [-0.3, -0.25) is 9.59 Å². The Bertz CT molecular complexity index is 5600. The summed E-state index contributed by atoms with van der Waals surface area (Å²) in [6.45, 7) is 42.2. The van der Waals surface area contributed by atoms with Crippen LogP contribution in [-0.4, -0.2) is 23.7 Å². The van der Waals surface area contributed by atoms with E-state index in [2.05, 4.69) is 39.6 Å². The van der Waals surface area contributed by atoms with Crippen LogP contribution in [-0.2, 0) is 94.6 Å². The molecule has 0 aliphatic rings. The van der Waals surface area contributed by atoms with Crippen molar-refractivity contribution in [1.82, 2.24) is 4.98 Å². The Morgan fingerprint density at radius 2 is 0.669 bits per heavy atom. The van der Waals surface area contributed by atoms with Crippen LogP contribution in [0.15, 0.2) is 176 Å². The van der Waals surface area contributed by atoms with Crippen LogP contribution in [0.1, 0.15) is 255 Å². The Balaban J connectivity index is 0.000000807. The Hall–Kier alpha value is -8.09. The highest BCUT2D eigenvalue weighted by molar-refractivity contribution is 6.42. The first kappa shape index (κ1) is 135. The molecule has 0 N–H and O–H groups in total. The molecule has 0 spiro atoms. The number of hydrogen-bond donors (Lipinski definition) is 0. The van der Waals surface area contributed by atoms with Crippen molar-refractivity contribution >= 4 is 104 Å². The number of carbonyl (C=O) groups is 2. The zero-order valence-corrected chi connectivity index (χ0v) is 90.4. The second-order valence-electron chi connectivity index (χ2n) is 38.5. The fourth-order valence-corrected chi connectivity index (χ4v) is 14.8. The smallest absolute Gasteiger partial charge is 0.416 e. The van der Waals surface area contributed by atoms with Crippen molar-refractivity contribution in [3.63, 3.8) is 0 Å². The molecular weight excluding hydrogens is 2110 g/mol. The van der Waals surface area contributed by atoms with Crippen LogP contribution in [0.3, 0.4) is 0 Å². The lowest BCUT2D eigenvalue weighted by Crippen LogP contribution is -2.14. The number of ketones is 2. The largest absolute Gasteiger partial charge is 0.481 e. The normalized spacial score (nSPS) is 11.8. The van der Waals surface area contributed by atoms with Gasteiger partial charge in [0.25, 0.3) is 0 Å². The molecule has 0 aliphatic carbocycles. The molecule has 0 saturated heterocycles. The van der Waals surface area contributed by atoms with E-state index >= 15 is 0 Å². The van der Waals surface area contributed by atoms with Gasteiger partial charge in [0, 0.05) is 54.3 Å². The zero-order chi connectivity index (χ0) is 112. The van der Waals surface area contributed by atoms with Crippen molar-refractivity contribution in [1.29, 1.82) is 0 Å². The highest BCUT2D eigenvalue weighted by Gasteiger charge is 2.40. The van der Waals surface area contributed by atoms with Crippen molar-refractivity contribution in [2.45, 2.75) is 247 Å². The minimum absolute atomic E-state index is 0.00519. The van der Waals surface area contributed by atoms with Crippen molar-refractivity contribution in [3.8, 4) is 5.88 Å². The van der Waals surface area contributed by atoms with E-state index in [1.807, 2.05) is 114 Å². The highest BCUT2D eigenvalue weighted by Crippen LogP contribution is 2.42. The summed E-state index contributed by atoms with van der Waals surface area (Å²) in [6.07, 6.45) is -26.8. The second kappa shape index (κ2) is 60.7. The molecule has 1 aromatic heterocycles. The number of alkyl halides is 21. The van der Waals surface area contributed by atoms with E-state index in [9.17, 15) is 115 Å². The number of benzene rings is 9. The Kier molecular flexibility index (Phi) is 56.5. The summed E-state index contributed by atoms with van der Waals surface area (Å²) in [7, 11) is 1.64. The molecule has 806 valence electrons. The molecule has 1 heterocycles. The zero-order valence-electron chi connectivity index (χ0n) is 84.4. The Morgan fingerprint density at radius 1 is 0.303 bits per heavy atom. The topological polar surface area (TPSA) is 56.3 Å². The first-order chi connectivity index (χ1) is 66.1. The Morgan fingerprint density at radius 3 is 1.10 bits per heavy atom. The molecule has 0 fully saturated rings. The summed E-state index contributed by atoms with van der Waals surface area (Å²) >= 11 is 45.6. The number of Topliss-reactive ketones (excluding diaryl/α,β-unsaturated/α-hetero) is 2. The molecule has 145 heavy (non-hydrogen) atoms. The molecule has 10 rings (SSSR count). The lowest BCUT2D eigenvalue weighted by molar-refractivity contribution is -0.141. The van der Waals surface area contributed by atoms with Crippen LogP contribution in [0.2, 0.25) is 40.2 Å². The molecule has 36 heteroatoms. The lowest BCUT2D eigenvalue weighted by atomic mass is 9.86. The van der Waals surface area contributed by atoms with Gasteiger partial charge in [-0.2, -0.15) is 92.2 Å². The van der Waals surface area contributed by atoms with Gasteiger partial charge in [0.1, 0.15) is 17.5 Å². The summed E-state index contributed by atoms with van der Waals surface area (Å²) in [5.74, 6) is 0.0469. The molecule has 0 aliphatic heterocycles. The van der Waals surface area contributed by atoms with Crippen LogP contribution >= 0.6 is 92.8 Å². The van der Waals surface area contributed by atoms with E-state index < -0.39 is 93.8 Å². The number of aromatic nitrogens is 1. The SMILES string of the molecule is CC(C)C(=O)c1cc(Cl)c(Cl)cc1F.CC(C)C(=O)c1cc(Cl)ccc1Cl.CC(C)Cc1cc(C(F)(F)F)ccc1C(F)(F)F.CC(C)Cc1cc(C(F)(F)F)ccc1Cl.CC(C)Cc1cc(Cl)cc(C(F)(F)F)c1.CC(C)Cc1cc(Cl)ccc1C(F)(F)F.CC(C)Cc1ccc(Cl)cc1C(F)(F)F.CC(C)Cc1ccc(F)cc1C(F)(F)F.COc1cccc(CC(C)C)n1.Cc1cc(F)ccc1CC(C)(C)C. The quantitative estimate of drug-likeness (QED) is 0.0433. The number of rotatable bonds is 20. The number of carbonyl (C=O) groups excluding carboxylic acids is 2. The van der Waals surface area contributed by atoms with Gasteiger partial charge in [0.2, 0.25) is 5.88 Å². The Labute approximate surface area is 875 Å². The number of nitrogens with zero attached hydrogens (tertiary/aromatic N) is 1. The first-order valence-corrected chi connectivity index (χ1v) is 48.6. The third kappa shape index (κ3) is 53.3. The summed E-state index contributed by atoms with van der Waals surface area (Å²) in [5, 5.41) is 2.31. The summed E-state index contributed by atoms with van der Waals surface area (Å²) in [5.41, 5.74) is 0.336. The van der Waals surface area contributed by atoms with Crippen molar-refractivity contribution in [2.75, 3.05) is 7.11 Å². The van der Waals surface area contributed by atoms with Crippen molar-refractivity contribution < 1.29 is 120 Å². The molecule has 0 atom stereocenters. The first-order valence-electron chi connectivity index (χ1n) is 45.6. The number of pyridine rings is 1. The van der Waals surface area contributed by atoms with Gasteiger partial charge in [-0.15, -0.1) is 0 Å². The average Bonchev–Trinajstić information content (AvgIpc) is 0.792. The van der Waals surface area contributed by atoms with Crippen LogP contribution in [0.5, 0.6) is 5.88 Å². The molecule has 0 unspecified atom stereocenters. The third-order valence-electron chi connectivity index (χ3n) is 19.5. The predicted octanol–water partition coefficient (Wildman–Crippen LogP) is 41.0. The number of halogens is 32. The molecule has 9 aromatic carbocycles. The minimum atomic E-state index is -4.63. The van der Waals surface area contributed by atoms with E-state index in [-0.39, 0.29) is 113 Å². The molecule has 10 aromatic rings. The molecule has 0 bridgehead atoms. The second-order valence-corrected chi connectivity index (χ2v) is 41.9. The van der Waals surface area contributed by atoms with Gasteiger partial charge < -0.3 is 4.74 Å².